The van der Waals surface area contributed by atoms with Gasteiger partial charge in [0.05, 0.1) is 11.3 Å². The summed E-state index contributed by atoms with van der Waals surface area (Å²) in [4.78, 5) is 26.2. The van der Waals surface area contributed by atoms with Crippen LogP contribution in [-0.4, -0.2) is 28.8 Å². The molecular formula is C13H14N2O2. The lowest BCUT2D eigenvalue weighted by molar-refractivity contribution is -0.119. The van der Waals surface area contributed by atoms with Gasteiger partial charge in [-0.1, -0.05) is 12.1 Å². The number of nitrogens with zero attached hydrogens (tertiary/aromatic N) is 1. The second-order valence-corrected chi connectivity index (χ2v) is 4.69. The average molecular weight is 230 g/mol. The van der Waals surface area contributed by atoms with Crippen molar-refractivity contribution in [3.8, 4) is 0 Å². The molecule has 0 spiro atoms. The number of para-hydroxylation sites is 1. The maximum Gasteiger partial charge on any atom is 0.256 e. The quantitative estimate of drug-likeness (QED) is 0.736. The molecule has 0 bridgehead atoms. The van der Waals surface area contributed by atoms with Gasteiger partial charge in [0.2, 0.25) is 5.91 Å². The largest absolute Gasteiger partial charge is 0.324 e. The maximum absolute atomic E-state index is 12.4. The maximum atomic E-state index is 12.4. The third-order valence-corrected chi connectivity index (χ3v) is 3.62. The van der Waals surface area contributed by atoms with Gasteiger partial charge in [0.1, 0.15) is 6.04 Å². The molecule has 88 valence electrons. The van der Waals surface area contributed by atoms with E-state index in [2.05, 4.69) is 5.32 Å². The van der Waals surface area contributed by atoms with E-state index in [-0.39, 0.29) is 23.9 Å². The number of hydrogen-bond acceptors (Lipinski definition) is 2. The van der Waals surface area contributed by atoms with E-state index < -0.39 is 0 Å². The molecule has 2 aliphatic heterocycles. The summed E-state index contributed by atoms with van der Waals surface area (Å²) < 4.78 is 0. The van der Waals surface area contributed by atoms with Gasteiger partial charge in [-0.3, -0.25) is 9.59 Å². The number of hydrogen-bond donors (Lipinski definition) is 1. The first-order chi connectivity index (χ1) is 8.18. The first kappa shape index (κ1) is 10.3. The van der Waals surface area contributed by atoms with Crippen molar-refractivity contribution in [1.29, 1.82) is 0 Å². The predicted molar refractivity (Wildman–Crippen MR) is 63.7 cm³/mol. The average Bonchev–Trinajstić information content (AvgIpc) is 2.66. The van der Waals surface area contributed by atoms with Gasteiger partial charge in [0.15, 0.2) is 0 Å². The molecule has 1 N–H and O–H groups in total. The van der Waals surface area contributed by atoms with Crippen molar-refractivity contribution in [3.05, 3.63) is 29.8 Å². The van der Waals surface area contributed by atoms with Gasteiger partial charge in [-0.2, -0.15) is 0 Å². The number of fused-ring (bicyclic) bond motifs is 2. The van der Waals surface area contributed by atoms with Crippen molar-refractivity contribution < 1.29 is 9.59 Å². The highest BCUT2D eigenvalue weighted by atomic mass is 16.2. The highest BCUT2D eigenvalue weighted by molar-refractivity contribution is 6.10. The topological polar surface area (TPSA) is 49.4 Å². The second kappa shape index (κ2) is 3.58. The summed E-state index contributed by atoms with van der Waals surface area (Å²) in [7, 11) is 0. The summed E-state index contributed by atoms with van der Waals surface area (Å²) in [6.07, 6.45) is 1.65. The molecule has 1 aromatic rings. The SMILES string of the molecule is CC1CCC2C(=O)Nc3ccccc3C(=O)N12. The summed E-state index contributed by atoms with van der Waals surface area (Å²) in [5.41, 5.74) is 1.22. The van der Waals surface area contributed by atoms with Crippen LogP contribution in [-0.2, 0) is 4.79 Å². The van der Waals surface area contributed by atoms with Gasteiger partial charge in [-0.25, -0.2) is 0 Å². The number of rotatable bonds is 0. The third kappa shape index (κ3) is 1.44. The smallest absolute Gasteiger partial charge is 0.256 e. The van der Waals surface area contributed by atoms with Crippen molar-refractivity contribution >= 4 is 17.5 Å². The van der Waals surface area contributed by atoms with E-state index in [1.165, 1.54) is 0 Å². The Labute approximate surface area is 99.6 Å². The normalized spacial score (nSPS) is 27.2. The molecule has 0 aliphatic carbocycles. The Kier molecular flexibility index (Phi) is 2.18. The van der Waals surface area contributed by atoms with Crippen molar-refractivity contribution in [2.45, 2.75) is 31.8 Å². The lowest BCUT2D eigenvalue weighted by Gasteiger charge is -2.24. The van der Waals surface area contributed by atoms with Crippen molar-refractivity contribution in [2.75, 3.05) is 5.32 Å². The van der Waals surface area contributed by atoms with Gasteiger partial charge >= 0.3 is 0 Å². The van der Waals surface area contributed by atoms with Gasteiger partial charge < -0.3 is 10.2 Å². The highest BCUT2D eigenvalue weighted by Crippen LogP contribution is 2.31. The first-order valence-corrected chi connectivity index (χ1v) is 5.91. The molecule has 2 amide bonds. The molecule has 1 saturated heterocycles. The fourth-order valence-corrected chi connectivity index (χ4v) is 2.72. The van der Waals surface area contributed by atoms with E-state index in [1.54, 1.807) is 17.0 Å². The van der Waals surface area contributed by atoms with Gasteiger partial charge in [-0.05, 0) is 31.9 Å². The first-order valence-electron chi connectivity index (χ1n) is 5.91. The summed E-state index contributed by atoms with van der Waals surface area (Å²) in [6.45, 7) is 2.00. The van der Waals surface area contributed by atoms with E-state index in [1.807, 2.05) is 19.1 Å². The third-order valence-electron chi connectivity index (χ3n) is 3.62. The van der Waals surface area contributed by atoms with Gasteiger partial charge in [-0.15, -0.1) is 0 Å². The molecule has 2 aliphatic rings. The molecule has 2 atom stereocenters. The number of carbonyl (C=O) groups is 2. The Morgan fingerprint density at radius 2 is 2.00 bits per heavy atom. The van der Waals surface area contributed by atoms with E-state index in [9.17, 15) is 9.59 Å². The monoisotopic (exact) mass is 230 g/mol. The van der Waals surface area contributed by atoms with Gasteiger partial charge in [0.25, 0.3) is 5.91 Å². The minimum absolute atomic E-state index is 0.0334. The summed E-state index contributed by atoms with van der Waals surface area (Å²) in [5, 5.41) is 2.84. The molecule has 3 rings (SSSR count). The Hall–Kier alpha value is -1.84. The summed E-state index contributed by atoms with van der Waals surface area (Å²) in [6, 6.07) is 7.04. The van der Waals surface area contributed by atoms with Crippen LogP contribution in [0.25, 0.3) is 0 Å². The number of carbonyl (C=O) groups excluding carboxylic acids is 2. The second-order valence-electron chi connectivity index (χ2n) is 4.69. The molecule has 0 radical (unpaired) electrons. The molecule has 4 heteroatoms. The number of nitrogens with one attached hydrogen (secondary N) is 1. The molecule has 0 aromatic heterocycles. The van der Waals surface area contributed by atoms with Crippen LogP contribution in [0.3, 0.4) is 0 Å². The highest BCUT2D eigenvalue weighted by Gasteiger charge is 2.41. The summed E-state index contributed by atoms with van der Waals surface area (Å²) in [5.74, 6) is -0.0957. The van der Waals surface area contributed by atoms with Crippen LogP contribution in [0, 0.1) is 0 Å². The molecule has 0 saturated carbocycles. The van der Waals surface area contributed by atoms with E-state index in [0.29, 0.717) is 11.3 Å². The molecule has 17 heavy (non-hydrogen) atoms. The minimum atomic E-state index is -0.301. The van der Waals surface area contributed by atoms with Crippen LogP contribution in [0.2, 0.25) is 0 Å². The Balaban J connectivity index is 2.12. The molecule has 1 aromatic carbocycles. The standard InChI is InChI=1S/C13H14N2O2/c1-8-6-7-11-12(16)14-10-5-3-2-4-9(10)13(17)15(8)11/h2-5,8,11H,6-7H2,1H3,(H,14,16). The number of benzene rings is 1. The van der Waals surface area contributed by atoms with Crippen LogP contribution in [0.5, 0.6) is 0 Å². The van der Waals surface area contributed by atoms with E-state index >= 15 is 0 Å². The fraction of sp³-hybridized carbons (Fsp3) is 0.385. The zero-order valence-corrected chi connectivity index (χ0v) is 9.64. The zero-order valence-electron chi connectivity index (χ0n) is 9.64. The van der Waals surface area contributed by atoms with Crippen LogP contribution >= 0.6 is 0 Å². The Morgan fingerprint density at radius 3 is 2.82 bits per heavy atom. The number of amides is 2. The molecule has 1 fully saturated rings. The zero-order chi connectivity index (χ0) is 12.0. The van der Waals surface area contributed by atoms with Crippen LogP contribution in [0.15, 0.2) is 24.3 Å². The molecule has 4 nitrogen and oxygen atoms in total. The van der Waals surface area contributed by atoms with E-state index in [0.717, 1.165) is 12.8 Å². The Morgan fingerprint density at radius 1 is 1.24 bits per heavy atom. The van der Waals surface area contributed by atoms with Crippen molar-refractivity contribution in [3.63, 3.8) is 0 Å². The predicted octanol–water partition coefficient (Wildman–Crippen LogP) is 1.63. The van der Waals surface area contributed by atoms with Crippen molar-refractivity contribution in [2.24, 2.45) is 0 Å². The van der Waals surface area contributed by atoms with E-state index in [4.69, 9.17) is 0 Å². The summed E-state index contributed by atoms with van der Waals surface area (Å²) >= 11 is 0. The molecular weight excluding hydrogens is 216 g/mol. The number of anilines is 1. The lowest BCUT2D eigenvalue weighted by atomic mass is 10.1. The van der Waals surface area contributed by atoms with Crippen molar-refractivity contribution in [1.82, 2.24) is 4.90 Å². The Bertz CT molecular complexity index is 498. The minimum Gasteiger partial charge on any atom is -0.324 e. The molecule has 2 heterocycles. The molecule has 2 unspecified atom stereocenters. The lowest BCUT2D eigenvalue weighted by Crippen LogP contribution is -2.43. The van der Waals surface area contributed by atoms with Gasteiger partial charge in [0, 0.05) is 6.04 Å². The fourth-order valence-electron chi connectivity index (χ4n) is 2.72. The van der Waals surface area contributed by atoms with Crippen LogP contribution in [0.1, 0.15) is 30.1 Å². The van der Waals surface area contributed by atoms with Crippen LogP contribution in [0.4, 0.5) is 5.69 Å². The van der Waals surface area contributed by atoms with Crippen LogP contribution < -0.4 is 5.32 Å².